The molecule has 2 unspecified atom stereocenters. The Hall–Kier alpha value is -0.730. The van der Waals surface area contributed by atoms with Gasteiger partial charge in [0.05, 0.1) is 12.7 Å². The predicted molar refractivity (Wildman–Crippen MR) is 69.7 cm³/mol. The second-order valence-corrected chi connectivity index (χ2v) is 5.23. The molecular weight excluding hydrogens is 236 g/mol. The standard InChI is InChI=1S/C14H19ClO2/c1-3-4-9(2)13(16)12-8-11(15)7-10-5-6-17-14(10)12/h7-9,13,16H,3-6H2,1-2H3. The zero-order valence-corrected chi connectivity index (χ0v) is 11.1. The molecule has 0 aliphatic carbocycles. The third-order valence-corrected chi connectivity index (χ3v) is 3.60. The molecule has 0 saturated carbocycles. The van der Waals surface area contributed by atoms with Crippen LogP contribution < -0.4 is 4.74 Å². The first-order valence-electron chi connectivity index (χ1n) is 6.26. The van der Waals surface area contributed by atoms with Crippen LogP contribution in [-0.4, -0.2) is 11.7 Å². The molecule has 17 heavy (non-hydrogen) atoms. The summed E-state index contributed by atoms with van der Waals surface area (Å²) in [6, 6.07) is 3.77. The van der Waals surface area contributed by atoms with Crippen molar-refractivity contribution >= 4 is 11.6 Å². The van der Waals surface area contributed by atoms with E-state index < -0.39 is 6.10 Å². The summed E-state index contributed by atoms with van der Waals surface area (Å²) < 4.78 is 5.62. The van der Waals surface area contributed by atoms with Gasteiger partial charge in [-0.25, -0.2) is 0 Å². The maximum absolute atomic E-state index is 10.4. The Labute approximate surface area is 108 Å². The van der Waals surface area contributed by atoms with Gasteiger partial charge in [-0.2, -0.15) is 0 Å². The maximum atomic E-state index is 10.4. The lowest BCUT2D eigenvalue weighted by atomic mass is 9.92. The van der Waals surface area contributed by atoms with E-state index in [4.69, 9.17) is 16.3 Å². The fraction of sp³-hybridized carbons (Fsp3) is 0.571. The molecule has 1 aromatic carbocycles. The van der Waals surface area contributed by atoms with Crippen molar-refractivity contribution < 1.29 is 9.84 Å². The Bertz CT molecular complexity index is 403. The Kier molecular flexibility index (Phi) is 3.95. The topological polar surface area (TPSA) is 29.5 Å². The number of rotatable bonds is 4. The molecule has 2 rings (SSSR count). The molecule has 0 radical (unpaired) electrons. The van der Waals surface area contributed by atoms with Gasteiger partial charge in [-0.15, -0.1) is 0 Å². The van der Waals surface area contributed by atoms with Crippen LogP contribution in [0.25, 0.3) is 0 Å². The van der Waals surface area contributed by atoms with Crippen molar-refractivity contribution in [1.29, 1.82) is 0 Å². The number of hydrogen-bond acceptors (Lipinski definition) is 2. The van der Waals surface area contributed by atoms with E-state index in [9.17, 15) is 5.11 Å². The first-order chi connectivity index (χ1) is 8.13. The van der Waals surface area contributed by atoms with Gasteiger partial charge in [-0.05, 0) is 30.0 Å². The molecule has 1 N–H and O–H groups in total. The molecule has 0 aromatic heterocycles. The Morgan fingerprint density at radius 1 is 1.47 bits per heavy atom. The van der Waals surface area contributed by atoms with Crippen molar-refractivity contribution in [1.82, 2.24) is 0 Å². The number of fused-ring (bicyclic) bond motifs is 1. The van der Waals surface area contributed by atoms with Crippen LogP contribution in [0.1, 0.15) is 43.9 Å². The monoisotopic (exact) mass is 254 g/mol. The summed E-state index contributed by atoms with van der Waals surface area (Å²) in [4.78, 5) is 0. The Morgan fingerprint density at radius 2 is 2.24 bits per heavy atom. The number of aliphatic hydroxyl groups is 1. The summed E-state index contributed by atoms with van der Waals surface area (Å²) in [5.41, 5.74) is 1.97. The van der Waals surface area contributed by atoms with Crippen LogP contribution in [0.3, 0.4) is 0 Å². The molecule has 94 valence electrons. The van der Waals surface area contributed by atoms with E-state index in [1.165, 1.54) is 0 Å². The lowest BCUT2D eigenvalue weighted by Crippen LogP contribution is -2.10. The molecule has 1 heterocycles. The van der Waals surface area contributed by atoms with Gasteiger partial charge in [-0.3, -0.25) is 0 Å². The molecule has 0 amide bonds. The molecule has 1 aromatic rings. The average Bonchev–Trinajstić information content (AvgIpc) is 2.75. The summed E-state index contributed by atoms with van der Waals surface area (Å²) in [6.07, 6.45) is 2.47. The van der Waals surface area contributed by atoms with E-state index in [1.807, 2.05) is 12.1 Å². The summed E-state index contributed by atoms with van der Waals surface area (Å²) >= 11 is 6.09. The molecule has 0 bridgehead atoms. The summed E-state index contributed by atoms with van der Waals surface area (Å²) in [5.74, 6) is 1.08. The first-order valence-corrected chi connectivity index (χ1v) is 6.64. The Morgan fingerprint density at radius 3 is 2.94 bits per heavy atom. The molecule has 3 heteroatoms. The number of ether oxygens (including phenoxy) is 1. The van der Waals surface area contributed by atoms with E-state index in [2.05, 4.69) is 13.8 Å². The van der Waals surface area contributed by atoms with Crippen molar-refractivity contribution in [2.24, 2.45) is 5.92 Å². The van der Waals surface area contributed by atoms with Gasteiger partial charge in [0.15, 0.2) is 0 Å². The summed E-state index contributed by atoms with van der Waals surface area (Å²) in [5, 5.41) is 11.1. The van der Waals surface area contributed by atoms with Crippen LogP contribution in [0.4, 0.5) is 0 Å². The molecule has 1 aliphatic rings. The number of halogens is 1. The highest BCUT2D eigenvalue weighted by Gasteiger charge is 2.25. The zero-order valence-electron chi connectivity index (χ0n) is 10.4. The van der Waals surface area contributed by atoms with Crippen LogP contribution in [0.15, 0.2) is 12.1 Å². The fourth-order valence-electron chi connectivity index (χ4n) is 2.44. The largest absolute Gasteiger partial charge is 0.493 e. The second-order valence-electron chi connectivity index (χ2n) is 4.79. The summed E-state index contributed by atoms with van der Waals surface area (Å²) in [7, 11) is 0. The minimum Gasteiger partial charge on any atom is -0.493 e. The van der Waals surface area contributed by atoms with E-state index >= 15 is 0 Å². The van der Waals surface area contributed by atoms with Gasteiger partial charge in [0.25, 0.3) is 0 Å². The zero-order chi connectivity index (χ0) is 12.4. The van der Waals surface area contributed by atoms with E-state index in [0.717, 1.165) is 36.1 Å². The third kappa shape index (κ3) is 2.58. The summed E-state index contributed by atoms with van der Waals surface area (Å²) in [6.45, 7) is 4.89. The predicted octanol–water partition coefficient (Wildman–Crippen LogP) is 3.74. The molecule has 0 saturated heterocycles. The number of aliphatic hydroxyl groups excluding tert-OH is 1. The lowest BCUT2D eigenvalue weighted by Gasteiger charge is -2.21. The quantitative estimate of drug-likeness (QED) is 0.887. The van der Waals surface area contributed by atoms with Crippen molar-refractivity contribution in [3.05, 3.63) is 28.3 Å². The van der Waals surface area contributed by atoms with Gasteiger partial charge in [0.1, 0.15) is 5.75 Å². The average molecular weight is 255 g/mol. The highest BCUT2D eigenvalue weighted by atomic mass is 35.5. The maximum Gasteiger partial charge on any atom is 0.128 e. The number of benzene rings is 1. The highest BCUT2D eigenvalue weighted by molar-refractivity contribution is 6.30. The van der Waals surface area contributed by atoms with Crippen LogP contribution >= 0.6 is 11.6 Å². The third-order valence-electron chi connectivity index (χ3n) is 3.38. The molecule has 0 spiro atoms. The van der Waals surface area contributed by atoms with E-state index in [-0.39, 0.29) is 5.92 Å². The Balaban J connectivity index is 2.31. The second kappa shape index (κ2) is 5.28. The van der Waals surface area contributed by atoms with Crippen molar-refractivity contribution in [3.63, 3.8) is 0 Å². The molecule has 2 nitrogen and oxygen atoms in total. The van der Waals surface area contributed by atoms with Crippen LogP contribution in [-0.2, 0) is 6.42 Å². The minimum absolute atomic E-state index is 0.228. The SMILES string of the molecule is CCCC(C)C(O)c1cc(Cl)cc2c1OCC2. The van der Waals surface area contributed by atoms with Crippen LogP contribution in [0.5, 0.6) is 5.75 Å². The minimum atomic E-state index is -0.486. The van der Waals surface area contributed by atoms with Crippen LogP contribution in [0, 0.1) is 5.92 Å². The van der Waals surface area contributed by atoms with E-state index in [1.54, 1.807) is 0 Å². The first kappa shape index (κ1) is 12.7. The molecule has 1 aliphatic heterocycles. The van der Waals surface area contributed by atoms with E-state index in [0.29, 0.717) is 11.6 Å². The van der Waals surface area contributed by atoms with Crippen molar-refractivity contribution in [2.45, 2.75) is 39.2 Å². The lowest BCUT2D eigenvalue weighted by molar-refractivity contribution is 0.109. The molecular formula is C14H19ClO2. The normalized spacial score (nSPS) is 17.4. The fourth-order valence-corrected chi connectivity index (χ4v) is 2.69. The van der Waals surface area contributed by atoms with Gasteiger partial charge in [0.2, 0.25) is 0 Å². The van der Waals surface area contributed by atoms with Gasteiger partial charge >= 0.3 is 0 Å². The highest BCUT2D eigenvalue weighted by Crippen LogP contribution is 2.39. The smallest absolute Gasteiger partial charge is 0.128 e. The van der Waals surface area contributed by atoms with Crippen LogP contribution in [0.2, 0.25) is 5.02 Å². The van der Waals surface area contributed by atoms with Crippen molar-refractivity contribution in [2.75, 3.05) is 6.61 Å². The van der Waals surface area contributed by atoms with Gasteiger partial charge in [-0.1, -0.05) is 31.9 Å². The molecule has 2 atom stereocenters. The van der Waals surface area contributed by atoms with Gasteiger partial charge in [0, 0.05) is 17.0 Å². The molecule has 0 fully saturated rings. The van der Waals surface area contributed by atoms with Gasteiger partial charge < -0.3 is 9.84 Å². The van der Waals surface area contributed by atoms with Crippen molar-refractivity contribution in [3.8, 4) is 5.75 Å². The number of hydrogen-bond donors (Lipinski definition) is 1.